The number of methoxy groups -OCH3 is 1. The predicted octanol–water partition coefficient (Wildman–Crippen LogP) is 2.90. The van der Waals surface area contributed by atoms with Crippen LogP contribution in [0.3, 0.4) is 0 Å². The van der Waals surface area contributed by atoms with Crippen molar-refractivity contribution >= 4 is 0 Å². The molecule has 0 radical (unpaired) electrons. The highest BCUT2D eigenvalue weighted by atomic mass is 16.5. The van der Waals surface area contributed by atoms with E-state index in [9.17, 15) is 0 Å². The smallest absolute Gasteiger partial charge is 0.216 e. The standard InChI is InChI=1S/C16H23N3O/c1-11-8-6-7-9-14(11)12(2)17-10-15-13(3)18-19(4)16(15)20-5/h6-9,12,17H,10H2,1-5H3. The van der Waals surface area contributed by atoms with Gasteiger partial charge in [0, 0.05) is 19.6 Å². The molecule has 0 spiro atoms. The van der Waals surface area contributed by atoms with Crippen molar-refractivity contribution in [3.63, 3.8) is 0 Å². The van der Waals surface area contributed by atoms with E-state index in [1.807, 2.05) is 14.0 Å². The Balaban J connectivity index is 2.11. The van der Waals surface area contributed by atoms with Crippen molar-refractivity contribution in [2.24, 2.45) is 7.05 Å². The number of hydrogen-bond donors (Lipinski definition) is 1. The molecule has 0 saturated carbocycles. The second-order valence-corrected chi connectivity index (χ2v) is 5.16. The third-order valence-electron chi connectivity index (χ3n) is 3.72. The average Bonchev–Trinajstić information content (AvgIpc) is 2.70. The topological polar surface area (TPSA) is 39.1 Å². The van der Waals surface area contributed by atoms with Crippen molar-refractivity contribution < 1.29 is 4.74 Å². The molecule has 108 valence electrons. The van der Waals surface area contributed by atoms with Gasteiger partial charge in [0.05, 0.1) is 18.4 Å². The van der Waals surface area contributed by atoms with Gasteiger partial charge in [-0.25, -0.2) is 4.68 Å². The SMILES string of the molecule is COc1c(CNC(C)c2ccccc2C)c(C)nn1C. The zero-order valence-electron chi connectivity index (χ0n) is 12.9. The van der Waals surface area contributed by atoms with Gasteiger partial charge < -0.3 is 10.1 Å². The summed E-state index contributed by atoms with van der Waals surface area (Å²) in [5.74, 6) is 0.826. The van der Waals surface area contributed by atoms with E-state index in [4.69, 9.17) is 4.74 Å². The summed E-state index contributed by atoms with van der Waals surface area (Å²) in [5.41, 5.74) is 4.76. The highest BCUT2D eigenvalue weighted by Crippen LogP contribution is 2.23. The number of aromatic nitrogens is 2. The molecule has 4 heteroatoms. The third-order valence-corrected chi connectivity index (χ3v) is 3.72. The first-order valence-electron chi connectivity index (χ1n) is 6.90. The molecule has 0 fully saturated rings. The van der Waals surface area contributed by atoms with Crippen molar-refractivity contribution in [1.29, 1.82) is 0 Å². The van der Waals surface area contributed by atoms with E-state index in [0.29, 0.717) is 6.04 Å². The molecule has 4 nitrogen and oxygen atoms in total. The van der Waals surface area contributed by atoms with Crippen LogP contribution in [-0.2, 0) is 13.6 Å². The van der Waals surface area contributed by atoms with Crippen LogP contribution in [0.15, 0.2) is 24.3 Å². The molecule has 1 heterocycles. The maximum atomic E-state index is 5.42. The molecular formula is C16H23N3O. The molecule has 2 rings (SSSR count). The lowest BCUT2D eigenvalue weighted by molar-refractivity contribution is 0.367. The lowest BCUT2D eigenvalue weighted by Crippen LogP contribution is -2.19. The van der Waals surface area contributed by atoms with E-state index in [2.05, 4.69) is 48.5 Å². The van der Waals surface area contributed by atoms with Crippen molar-refractivity contribution in [3.05, 3.63) is 46.6 Å². The Morgan fingerprint density at radius 3 is 2.65 bits per heavy atom. The molecule has 2 aromatic rings. The van der Waals surface area contributed by atoms with Crippen LogP contribution in [-0.4, -0.2) is 16.9 Å². The Morgan fingerprint density at radius 1 is 1.30 bits per heavy atom. The molecule has 1 N–H and O–H groups in total. The molecule has 0 aliphatic rings. The molecule has 0 amide bonds. The Labute approximate surface area is 120 Å². The van der Waals surface area contributed by atoms with E-state index in [0.717, 1.165) is 23.7 Å². The predicted molar refractivity (Wildman–Crippen MR) is 80.9 cm³/mol. The molecule has 20 heavy (non-hydrogen) atoms. The second-order valence-electron chi connectivity index (χ2n) is 5.16. The van der Waals surface area contributed by atoms with Crippen LogP contribution in [0.5, 0.6) is 5.88 Å². The second kappa shape index (κ2) is 6.09. The van der Waals surface area contributed by atoms with E-state index in [-0.39, 0.29) is 0 Å². The average molecular weight is 273 g/mol. The van der Waals surface area contributed by atoms with Gasteiger partial charge in [-0.1, -0.05) is 24.3 Å². The number of aryl methyl sites for hydroxylation is 3. The van der Waals surface area contributed by atoms with Crippen LogP contribution in [0.25, 0.3) is 0 Å². The molecule has 0 saturated heterocycles. The van der Waals surface area contributed by atoms with Gasteiger partial charge in [-0.3, -0.25) is 0 Å². The Kier molecular flexibility index (Phi) is 4.45. The van der Waals surface area contributed by atoms with Crippen molar-refractivity contribution in [2.45, 2.75) is 33.4 Å². The zero-order chi connectivity index (χ0) is 14.7. The van der Waals surface area contributed by atoms with Crippen molar-refractivity contribution in [1.82, 2.24) is 15.1 Å². The van der Waals surface area contributed by atoms with E-state index >= 15 is 0 Å². The first-order valence-corrected chi connectivity index (χ1v) is 6.90. The van der Waals surface area contributed by atoms with Crippen LogP contribution in [0.2, 0.25) is 0 Å². The summed E-state index contributed by atoms with van der Waals surface area (Å²) in [6.45, 7) is 7.08. The fraction of sp³-hybridized carbons (Fsp3) is 0.438. The number of nitrogens with zero attached hydrogens (tertiary/aromatic N) is 2. The summed E-state index contributed by atoms with van der Waals surface area (Å²) in [5, 5.41) is 7.95. The molecule has 1 unspecified atom stereocenters. The summed E-state index contributed by atoms with van der Waals surface area (Å²) >= 11 is 0. The monoisotopic (exact) mass is 273 g/mol. The van der Waals surface area contributed by atoms with Gasteiger partial charge in [0.1, 0.15) is 0 Å². The first kappa shape index (κ1) is 14.6. The van der Waals surface area contributed by atoms with Gasteiger partial charge in [0.2, 0.25) is 5.88 Å². The summed E-state index contributed by atoms with van der Waals surface area (Å²) in [7, 11) is 3.59. The Morgan fingerprint density at radius 2 is 2.00 bits per heavy atom. The Bertz CT molecular complexity index is 589. The maximum Gasteiger partial charge on any atom is 0.216 e. The molecular weight excluding hydrogens is 250 g/mol. The molecule has 1 aromatic heterocycles. The van der Waals surface area contributed by atoms with Crippen molar-refractivity contribution in [2.75, 3.05) is 7.11 Å². The minimum Gasteiger partial charge on any atom is -0.481 e. The fourth-order valence-electron chi connectivity index (χ4n) is 2.58. The summed E-state index contributed by atoms with van der Waals surface area (Å²) in [6.07, 6.45) is 0. The van der Waals surface area contributed by atoms with Gasteiger partial charge in [0.15, 0.2) is 0 Å². The maximum absolute atomic E-state index is 5.42. The molecule has 1 atom stereocenters. The minimum atomic E-state index is 0.292. The normalized spacial score (nSPS) is 12.4. The molecule has 0 aliphatic heterocycles. The third kappa shape index (κ3) is 2.85. The van der Waals surface area contributed by atoms with Gasteiger partial charge in [-0.2, -0.15) is 5.10 Å². The lowest BCUT2D eigenvalue weighted by atomic mass is 10.0. The Hall–Kier alpha value is -1.81. The highest BCUT2D eigenvalue weighted by molar-refractivity contribution is 5.32. The number of hydrogen-bond acceptors (Lipinski definition) is 3. The lowest BCUT2D eigenvalue weighted by Gasteiger charge is -2.16. The zero-order valence-corrected chi connectivity index (χ0v) is 12.9. The van der Waals surface area contributed by atoms with Crippen LogP contribution in [0.4, 0.5) is 0 Å². The molecule has 1 aromatic carbocycles. The first-order chi connectivity index (χ1) is 9.54. The highest BCUT2D eigenvalue weighted by Gasteiger charge is 2.15. The number of rotatable bonds is 5. The van der Waals surface area contributed by atoms with Gasteiger partial charge in [-0.15, -0.1) is 0 Å². The van der Waals surface area contributed by atoms with E-state index < -0.39 is 0 Å². The van der Waals surface area contributed by atoms with Crippen LogP contribution < -0.4 is 10.1 Å². The van der Waals surface area contributed by atoms with Crippen LogP contribution in [0, 0.1) is 13.8 Å². The van der Waals surface area contributed by atoms with E-state index in [1.54, 1.807) is 11.8 Å². The summed E-state index contributed by atoms with van der Waals surface area (Å²) in [4.78, 5) is 0. The molecule has 0 aliphatic carbocycles. The van der Waals surface area contributed by atoms with E-state index in [1.165, 1.54) is 11.1 Å². The number of benzene rings is 1. The quantitative estimate of drug-likeness (QED) is 0.910. The van der Waals surface area contributed by atoms with Gasteiger partial charge in [0.25, 0.3) is 0 Å². The fourth-order valence-corrected chi connectivity index (χ4v) is 2.58. The van der Waals surface area contributed by atoms with Gasteiger partial charge >= 0.3 is 0 Å². The number of ether oxygens (including phenoxy) is 1. The van der Waals surface area contributed by atoms with Crippen LogP contribution in [0.1, 0.15) is 35.3 Å². The van der Waals surface area contributed by atoms with Crippen LogP contribution >= 0.6 is 0 Å². The largest absolute Gasteiger partial charge is 0.481 e. The molecule has 0 bridgehead atoms. The minimum absolute atomic E-state index is 0.292. The summed E-state index contributed by atoms with van der Waals surface area (Å²) in [6, 6.07) is 8.75. The van der Waals surface area contributed by atoms with Crippen molar-refractivity contribution in [3.8, 4) is 5.88 Å². The summed E-state index contributed by atoms with van der Waals surface area (Å²) < 4.78 is 7.20. The number of nitrogens with one attached hydrogen (secondary N) is 1. The van der Waals surface area contributed by atoms with Gasteiger partial charge in [-0.05, 0) is 31.9 Å².